The molecule has 124 valence electrons. The van der Waals surface area contributed by atoms with Crippen LogP contribution in [0.5, 0.6) is 5.75 Å². The quantitative estimate of drug-likeness (QED) is 0.761. The molecule has 1 aromatic carbocycles. The maximum atomic E-state index is 11.9. The van der Waals surface area contributed by atoms with Crippen LogP contribution in [0.15, 0.2) is 29.4 Å². The summed E-state index contributed by atoms with van der Waals surface area (Å²) < 4.78 is 5.13. The van der Waals surface area contributed by atoms with Crippen molar-refractivity contribution >= 4 is 17.7 Å². The third-order valence-electron chi connectivity index (χ3n) is 3.55. The summed E-state index contributed by atoms with van der Waals surface area (Å²) in [5.74, 6) is 2.17. The van der Waals surface area contributed by atoms with E-state index in [1.165, 1.54) is 11.8 Å². The number of methoxy groups -OCH3 is 1. The van der Waals surface area contributed by atoms with E-state index < -0.39 is 0 Å². The average Bonchev–Trinajstić information content (AvgIpc) is 3.02. The predicted molar refractivity (Wildman–Crippen MR) is 91.5 cm³/mol. The molecule has 0 saturated carbocycles. The molecule has 0 fully saturated rings. The molecule has 2 N–H and O–H groups in total. The monoisotopic (exact) mass is 334 g/mol. The van der Waals surface area contributed by atoms with Gasteiger partial charge < -0.3 is 10.1 Å². The zero-order valence-electron chi connectivity index (χ0n) is 13.8. The maximum Gasteiger partial charge on any atom is 0.230 e. The maximum absolute atomic E-state index is 11.9. The van der Waals surface area contributed by atoms with Gasteiger partial charge in [0, 0.05) is 11.6 Å². The molecule has 1 aromatic heterocycles. The number of aromatic nitrogens is 3. The Morgan fingerprint density at radius 2 is 2.00 bits per heavy atom. The van der Waals surface area contributed by atoms with Crippen molar-refractivity contribution < 1.29 is 9.53 Å². The van der Waals surface area contributed by atoms with Crippen LogP contribution in [0.4, 0.5) is 0 Å². The van der Waals surface area contributed by atoms with Gasteiger partial charge in [-0.2, -0.15) is 0 Å². The van der Waals surface area contributed by atoms with Crippen LogP contribution in [-0.4, -0.2) is 40.0 Å². The lowest BCUT2D eigenvalue weighted by Gasteiger charge is -2.16. The summed E-state index contributed by atoms with van der Waals surface area (Å²) in [7, 11) is 1.63. The number of nitrogens with one attached hydrogen (secondary N) is 2. The van der Waals surface area contributed by atoms with Gasteiger partial charge in [0.15, 0.2) is 5.82 Å². The number of carbonyl (C=O) groups is 1. The molecular weight excluding hydrogens is 312 g/mol. The van der Waals surface area contributed by atoms with E-state index in [1.54, 1.807) is 7.11 Å². The Hall–Kier alpha value is -2.02. The van der Waals surface area contributed by atoms with Gasteiger partial charge >= 0.3 is 0 Å². The smallest absolute Gasteiger partial charge is 0.230 e. The van der Waals surface area contributed by atoms with E-state index in [4.69, 9.17) is 4.74 Å². The van der Waals surface area contributed by atoms with E-state index in [9.17, 15) is 4.79 Å². The van der Waals surface area contributed by atoms with Crippen LogP contribution >= 0.6 is 11.8 Å². The Kier molecular flexibility index (Phi) is 6.04. The molecule has 1 amide bonds. The molecule has 0 radical (unpaired) electrons. The number of hydrogen-bond acceptors (Lipinski definition) is 5. The van der Waals surface area contributed by atoms with Crippen molar-refractivity contribution in [2.24, 2.45) is 5.92 Å². The Balaban J connectivity index is 1.90. The number of ether oxygens (including phenoxy) is 1. The zero-order valence-corrected chi connectivity index (χ0v) is 14.6. The lowest BCUT2D eigenvalue weighted by atomic mass is 10.1. The Bertz CT molecular complexity index is 640. The third-order valence-corrected chi connectivity index (χ3v) is 4.40. The number of aromatic amines is 1. The second-order valence-electron chi connectivity index (χ2n) is 5.58. The van der Waals surface area contributed by atoms with Gasteiger partial charge in [-0.25, -0.2) is 4.98 Å². The summed E-state index contributed by atoms with van der Waals surface area (Å²) in [5.41, 5.74) is 0.919. The van der Waals surface area contributed by atoms with Gasteiger partial charge in [-0.1, -0.05) is 25.6 Å². The van der Waals surface area contributed by atoms with Crippen molar-refractivity contribution in [2.75, 3.05) is 12.9 Å². The first-order valence-corrected chi connectivity index (χ1v) is 8.47. The van der Waals surface area contributed by atoms with Crippen molar-refractivity contribution in [3.8, 4) is 17.1 Å². The number of thioether (sulfide) groups is 1. The molecule has 0 saturated heterocycles. The highest BCUT2D eigenvalue weighted by molar-refractivity contribution is 7.99. The van der Waals surface area contributed by atoms with Crippen LogP contribution < -0.4 is 10.1 Å². The lowest BCUT2D eigenvalue weighted by molar-refractivity contribution is -0.119. The minimum atomic E-state index is -0.00741. The van der Waals surface area contributed by atoms with Crippen molar-refractivity contribution in [3.63, 3.8) is 0 Å². The van der Waals surface area contributed by atoms with Gasteiger partial charge in [0.2, 0.25) is 11.1 Å². The molecule has 0 aliphatic carbocycles. The Morgan fingerprint density at radius 3 is 2.61 bits per heavy atom. The molecule has 2 aromatic rings. The number of hydrogen-bond donors (Lipinski definition) is 2. The van der Waals surface area contributed by atoms with E-state index in [1.807, 2.05) is 31.2 Å². The molecule has 0 aliphatic rings. The summed E-state index contributed by atoms with van der Waals surface area (Å²) in [4.78, 5) is 16.3. The standard InChI is InChI=1S/C16H22N4O2S/c1-10(2)11(3)17-14(21)9-23-16-18-15(19-20-16)12-5-7-13(22-4)8-6-12/h5-8,10-11H,9H2,1-4H3,(H,17,21)(H,18,19,20)/t11-/m0/s1. The number of H-pyrrole nitrogens is 1. The molecule has 1 atom stereocenters. The van der Waals surface area contributed by atoms with E-state index >= 15 is 0 Å². The van der Waals surface area contributed by atoms with Crippen LogP contribution in [0.3, 0.4) is 0 Å². The van der Waals surface area contributed by atoms with Crippen molar-refractivity contribution in [1.29, 1.82) is 0 Å². The van der Waals surface area contributed by atoms with Crippen LogP contribution in [-0.2, 0) is 4.79 Å². The van der Waals surface area contributed by atoms with E-state index in [0.717, 1.165) is 11.3 Å². The Labute approximate surface area is 140 Å². The second kappa shape index (κ2) is 8.01. The van der Waals surface area contributed by atoms with Crippen LogP contribution in [0.2, 0.25) is 0 Å². The fourth-order valence-corrected chi connectivity index (χ4v) is 2.39. The van der Waals surface area contributed by atoms with E-state index in [-0.39, 0.29) is 11.9 Å². The molecule has 7 heteroatoms. The first-order valence-electron chi connectivity index (χ1n) is 7.48. The molecule has 0 unspecified atom stereocenters. The first-order chi connectivity index (χ1) is 11.0. The minimum Gasteiger partial charge on any atom is -0.497 e. The van der Waals surface area contributed by atoms with Crippen molar-refractivity contribution in [2.45, 2.75) is 32.0 Å². The topological polar surface area (TPSA) is 79.9 Å². The lowest BCUT2D eigenvalue weighted by Crippen LogP contribution is -2.37. The van der Waals surface area contributed by atoms with Gasteiger partial charge in [-0.15, -0.1) is 5.10 Å². The largest absolute Gasteiger partial charge is 0.497 e. The van der Waals surface area contributed by atoms with Crippen LogP contribution in [0.25, 0.3) is 11.4 Å². The van der Waals surface area contributed by atoms with Gasteiger partial charge in [-0.05, 0) is 37.1 Å². The van der Waals surface area contributed by atoms with Gasteiger partial charge in [0.05, 0.1) is 12.9 Å². The molecule has 1 heterocycles. The second-order valence-corrected chi connectivity index (χ2v) is 6.53. The molecular formula is C16H22N4O2S. The van der Waals surface area contributed by atoms with E-state index in [0.29, 0.717) is 22.7 Å². The number of nitrogens with zero attached hydrogens (tertiary/aromatic N) is 2. The highest BCUT2D eigenvalue weighted by Crippen LogP contribution is 2.21. The van der Waals surface area contributed by atoms with Gasteiger partial charge in [0.1, 0.15) is 5.75 Å². The SMILES string of the molecule is COc1ccc(-c2nc(SCC(=O)N[C@@H](C)C(C)C)n[nH]2)cc1. The number of rotatable bonds is 7. The molecule has 6 nitrogen and oxygen atoms in total. The predicted octanol–water partition coefficient (Wildman–Crippen LogP) is 2.73. The van der Waals surface area contributed by atoms with E-state index in [2.05, 4.69) is 34.3 Å². The van der Waals surface area contributed by atoms with Crippen LogP contribution in [0.1, 0.15) is 20.8 Å². The molecule has 0 spiro atoms. The summed E-state index contributed by atoms with van der Waals surface area (Å²) in [6.07, 6.45) is 0. The molecule has 2 rings (SSSR count). The fraction of sp³-hybridized carbons (Fsp3) is 0.438. The van der Waals surface area contributed by atoms with Crippen molar-refractivity contribution in [3.05, 3.63) is 24.3 Å². The first kappa shape index (κ1) is 17.3. The van der Waals surface area contributed by atoms with Crippen LogP contribution in [0, 0.1) is 5.92 Å². The average molecular weight is 334 g/mol. The zero-order chi connectivity index (χ0) is 16.8. The molecule has 23 heavy (non-hydrogen) atoms. The molecule has 0 bridgehead atoms. The number of amides is 1. The summed E-state index contributed by atoms with van der Waals surface area (Å²) in [6.45, 7) is 6.16. The highest BCUT2D eigenvalue weighted by atomic mass is 32.2. The van der Waals surface area contributed by atoms with Crippen molar-refractivity contribution in [1.82, 2.24) is 20.5 Å². The Morgan fingerprint density at radius 1 is 1.30 bits per heavy atom. The molecule has 0 aliphatic heterocycles. The minimum absolute atomic E-state index is 0.00741. The summed E-state index contributed by atoms with van der Waals surface area (Å²) in [6, 6.07) is 7.71. The van der Waals surface area contributed by atoms with Gasteiger partial charge in [0.25, 0.3) is 0 Å². The summed E-state index contributed by atoms with van der Waals surface area (Å²) >= 11 is 1.32. The fourth-order valence-electron chi connectivity index (χ4n) is 1.78. The highest BCUT2D eigenvalue weighted by Gasteiger charge is 2.13. The summed E-state index contributed by atoms with van der Waals surface area (Å²) in [5, 5.41) is 10.5. The number of benzene rings is 1. The third kappa shape index (κ3) is 4.99. The van der Waals surface area contributed by atoms with Gasteiger partial charge in [-0.3, -0.25) is 9.89 Å². The normalized spacial score (nSPS) is 12.2. The number of carbonyl (C=O) groups excluding carboxylic acids is 1.